The molecule has 1 rings (SSSR count). The molecule has 0 amide bonds. The lowest BCUT2D eigenvalue weighted by molar-refractivity contribution is 0.0787. The highest BCUT2D eigenvalue weighted by Crippen LogP contribution is 2.19. The lowest BCUT2D eigenvalue weighted by atomic mass is 10.0. The number of rotatable bonds is 5. The molecule has 1 N–H and O–H groups in total. The predicted octanol–water partition coefficient (Wildman–Crippen LogP) is 2.23. The average Bonchev–Trinajstić information content (AvgIpc) is 2.28. The van der Waals surface area contributed by atoms with Gasteiger partial charge in [-0.3, -0.25) is 4.90 Å². The maximum Gasteiger partial charge on any atom is 0.0942 e. The van der Waals surface area contributed by atoms with Gasteiger partial charge in [0.25, 0.3) is 0 Å². The van der Waals surface area contributed by atoms with Gasteiger partial charge in [-0.05, 0) is 19.5 Å². The van der Waals surface area contributed by atoms with E-state index in [4.69, 9.17) is 0 Å². The van der Waals surface area contributed by atoms with Crippen molar-refractivity contribution >= 4 is 0 Å². The minimum atomic E-state index is -0.448. The van der Waals surface area contributed by atoms with E-state index in [0.717, 1.165) is 12.1 Å². The molecule has 0 saturated carbocycles. The molecule has 0 radical (unpaired) electrons. The maximum absolute atomic E-state index is 10.1. The zero-order chi connectivity index (χ0) is 11.3. The van der Waals surface area contributed by atoms with Crippen molar-refractivity contribution in [1.82, 2.24) is 4.90 Å². The molecule has 0 aromatic heterocycles. The van der Waals surface area contributed by atoms with Gasteiger partial charge in [0.1, 0.15) is 0 Å². The number of likely N-dealkylation sites (N-methyl/N-ethyl adjacent to an activating group) is 1. The van der Waals surface area contributed by atoms with E-state index in [9.17, 15) is 5.11 Å². The quantitative estimate of drug-likeness (QED) is 0.745. The number of nitrogens with zero attached hydrogens (tertiary/aromatic N) is 1. The first kappa shape index (κ1) is 12.0. The van der Waals surface area contributed by atoms with Crippen molar-refractivity contribution in [3.05, 3.63) is 48.6 Å². The van der Waals surface area contributed by atoms with Crippen molar-refractivity contribution in [2.45, 2.75) is 19.1 Å². The monoisotopic (exact) mass is 205 g/mol. The van der Waals surface area contributed by atoms with Crippen LogP contribution in [0.2, 0.25) is 0 Å². The van der Waals surface area contributed by atoms with Gasteiger partial charge in [0.15, 0.2) is 0 Å². The molecule has 0 aliphatic heterocycles. The number of hydrogen-bond donors (Lipinski definition) is 1. The van der Waals surface area contributed by atoms with Crippen LogP contribution in [0.4, 0.5) is 0 Å². The topological polar surface area (TPSA) is 23.5 Å². The Morgan fingerprint density at radius 3 is 2.53 bits per heavy atom. The summed E-state index contributed by atoms with van der Waals surface area (Å²) in [4.78, 5) is 2.07. The summed E-state index contributed by atoms with van der Waals surface area (Å²) in [5.41, 5.74) is 0.959. The zero-order valence-corrected chi connectivity index (χ0v) is 9.43. The third-order valence-electron chi connectivity index (χ3n) is 2.71. The second kappa shape index (κ2) is 5.69. The van der Waals surface area contributed by atoms with Gasteiger partial charge in [0.05, 0.1) is 6.10 Å². The summed E-state index contributed by atoms with van der Waals surface area (Å²) < 4.78 is 0. The van der Waals surface area contributed by atoms with Crippen molar-refractivity contribution in [2.24, 2.45) is 0 Å². The molecule has 0 aliphatic carbocycles. The first-order chi connectivity index (χ1) is 7.16. The van der Waals surface area contributed by atoms with Gasteiger partial charge < -0.3 is 5.11 Å². The molecule has 2 heteroatoms. The maximum atomic E-state index is 10.1. The van der Waals surface area contributed by atoms with E-state index < -0.39 is 6.10 Å². The summed E-state index contributed by atoms with van der Waals surface area (Å²) in [6.07, 6.45) is 1.39. The Bertz CT molecular complexity index is 297. The van der Waals surface area contributed by atoms with Crippen molar-refractivity contribution in [2.75, 3.05) is 13.6 Å². The van der Waals surface area contributed by atoms with E-state index in [1.54, 1.807) is 0 Å². The van der Waals surface area contributed by atoms with E-state index in [1.165, 1.54) is 0 Å². The lowest BCUT2D eigenvalue weighted by Gasteiger charge is -2.28. The van der Waals surface area contributed by atoms with Crippen molar-refractivity contribution < 1.29 is 5.11 Å². The number of aliphatic hydroxyl groups excluding tert-OH is 1. The van der Waals surface area contributed by atoms with E-state index in [1.807, 2.05) is 50.4 Å². The Morgan fingerprint density at radius 2 is 2.00 bits per heavy atom. The van der Waals surface area contributed by atoms with Gasteiger partial charge in [0, 0.05) is 12.6 Å². The standard InChI is InChI=1S/C13H19NO/c1-4-10-14(3)11(2)13(15)12-8-6-5-7-9-12/h4-9,11,13,15H,1,10H2,2-3H3/t11-,13-/m0/s1. The van der Waals surface area contributed by atoms with E-state index in [2.05, 4.69) is 11.5 Å². The van der Waals surface area contributed by atoms with Gasteiger partial charge in [-0.15, -0.1) is 6.58 Å². The molecule has 1 aromatic rings. The largest absolute Gasteiger partial charge is 0.387 e. The number of benzene rings is 1. The summed E-state index contributed by atoms with van der Waals surface area (Å²) in [5, 5.41) is 10.1. The van der Waals surface area contributed by atoms with E-state index >= 15 is 0 Å². The molecule has 0 spiro atoms. The Morgan fingerprint density at radius 1 is 1.40 bits per heavy atom. The van der Waals surface area contributed by atoms with Gasteiger partial charge in [0.2, 0.25) is 0 Å². The third-order valence-corrected chi connectivity index (χ3v) is 2.71. The van der Waals surface area contributed by atoms with E-state index in [0.29, 0.717) is 0 Å². The fraction of sp³-hybridized carbons (Fsp3) is 0.385. The summed E-state index contributed by atoms with van der Waals surface area (Å²) >= 11 is 0. The minimum Gasteiger partial charge on any atom is -0.387 e. The summed E-state index contributed by atoms with van der Waals surface area (Å²) in [7, 11) is 1.98. The van der Waals surface area contributed by atoms with Crippen LogP contribution < -0.4 is 0 Å². The molecular formula is C13H19NO. The van der Waals surface area contributed by atoms with Gasteiger partial charge in [-0.1, -0.05) is 36.4 Å². The lowest BCUT2D eigenvalue weighted by Crippen LogP contribution is -2.34. The van der Waals surface area contributed by atoms with E-state index in [-0.39, 0.29) is 6.04 Å². The molecule has 0 unspecified atom stereocenters. The summed E-state index contributed by atoms with van der Waals surface area (Å²) in [5.74, 6) is 0. The van der Waals surface area contributed by atoms with Crippen LogP contribution in [-0.2, 0) is 0 Å². The predicted molar refractivity (Wildman–Crippen MR) is 63.7 cm³/mol. The second-order valence-electron chi connectivity index (χ2n) is 3.82. The number of hydrogen-bond acceptors (Lipinski definition) is 2. The molecule has 2 atom stereocenters. The fourth-order valence-electron chi connectivity index (χ4n) is 1.54. The van der Waals surface area contributed by atoms with Crippen LogP contribution in [0.15, 0.2) is 43.0 Å². The van der Waals surface area contributed by atoms with Gasteiger partial charge >= 0.3 is 0 Å². The van der Waals surface area contributed by atoms with Gasteiger partial charge in [-0.25, -0.2) is 0 Å². The van der Waals surface area contributed by atoms with Gasteiger partial charge in [-0.2, -0.15) is 0 Å². The molecule has 15 heavy (non-hydrogen) atoms. The molecule has 0 fully saturated rings. The van der Waals surface area contributed by atoms with Crippen molar-refractivity contribution in [3.63, 3.8) is 0 Å². The molecular weight excluding hydrogens is 186 g/mol. The highest BCUT2D eigenvalue weighted by molar-refractivity contribution is 5.18. The zero-order valence-electron chi connectivity index (χ0n) is 9.43. The highest BCUT2D eigenvalue weighted by atomic mass is 16.3. The molecule has 1 aromatic carbocycles. The first-order valence-corrected chi connectivity index (χ1v) is 5.21. The van der Waals surface area contributed by atoms with Crippen LogP contribution >= 0.6 is 0 Å². The fourth-order valence-corrected chi connectivity index (χ4v) is 1.54. The Balaban J connectivity index is 2.68. The molecule has 2 nitrogen and oxygen atoms in total. The Labute approximate surface area is 91.9 Å². The Hall–Kier alpha value is -1.12. The molecule has 82 valence electrons. The van der Waals surface area contributed by atoms with Crippen LogP contribution in [0.3, 0.4) is 0 Å². The summed E-state index contributed by atoms with van der Waals surface area (Å²) in [6, 6.07) is 9.82. The number of aliphatic hydroxyl groups is 1. The SMILES string of the molecule is C=CCN(C)[C@@H](C)[C@H](O)c1ccccc1. The average molecular weight is 205 g/mol. The van der Waals surface area contributed by atoms with Crippen LogP contribution in [0.25, 0.3) is 0 Å². The molecule has 0 heterocycles. The third kappa shape index (κ3) is 3.18. The molecule has 0 aliphatic rings. The first-order valence-electron chi connectivity index (χ1n) is 5.21. The second-order valence-corrected chi connectivity index (χ2v) is 3.82. The van der Waals surface area contributed by atoms with Crippen LogP contribution in [0, 0.1) is 0 Å². The van der Waals surface area contributed by atoms with Crippen LogP contribution in [-0.4, -0.2) is 29.6 Å². The smallest absolute Gasteiger partial charge is 0.0942 e. The van der Waals surface area contributed by atoms with Crippen LogP contribution in [0.1, 0.15) is 18.6 Å². The Kier molecular flexibility index (Phi) is 4.53. The highest BCUT2D eigenvalue weighted by Gasteiger charge is 2.18. The molecule has 0 bridgehead atoms. The van der Waals surface area contributed by atoms with Crippen molar-refractivity contribution in [3.8, 4) is 0 Å². The van der Waals surface area contributed by atoms with Crippen LogP contribution in [0.5, 0.6) is 0 Å². The minimum absolute atomic E-state index is 0.0883. The summed E-state index contributed by atoms with van der Waals surface area (Å²) in [6.45, 7) is 6.49. The molecule has 0 saturated heterocycles. The van der Waals surface area contributed by atoms with Crippen molar-refractivity contribution in [1.29, 1.82) is 0 Å². The normalized spacial score (nSPS) is 14.9.